The number of carbonyl (C=O) groups is 1. The first kappa shape index (κ1) is 19.0. The third-order valence-corrected chi connectivity index (χ3v) is 4.15. The maximum absolute atomic E-state index is 13.2. The molecule has 30 heavy (non-hydrogen) atoms. The Morgan fingerprint density at radius 3 is 2.40 bits per heavy atom. The van der Waals surface area contributed by atoms with Crippen molar-refractivity contribution < 1.29 is 9.53 Å². The number of carbonyl (C=O) groups excluding carboxylic acids is 1. The van der Waals surface area contributed by atoms with Crippen molar-refractivity contribution in [2.75, 3.05) is 12.3 Å². The minimum atomic E-state index is -0.767. The van der Waals surface area contributed by atoms with Gasteiger partial charge in [0.15, 0.2) is 11.5 Å². The lowest BCUT2D eigenvalue weighted by atomic mass is 10.3. The van der Waals surface area contributed by atoms with E-state index in [-0.39, 0.29) is 29.7 Å². The molecule has 0 unspecified atom stereocenters. The van der Waals surface area contributed by atoms with E-state index in [0.717, 1.165) is 4.40 Å². The van der Waals surface area contributed by atoms with Gasteiger partial charge in [-0.2, -0.15) is 14.8 Å². The highest BCUT2D eigenvalue weighted by Crippen LogP contribution is 2.21. The highest BCUT2D eigenvalue weighted by Gasteiger charge is 2.24. The smallest absolute Gasteiger partial charge is 0.376 e. The van der Waals surface area contributed by atoms with E-state index in [1.54, 1.807) is 55.5 Å². The number of anilines is 1. The molecule has 2 aromatic carbocycles. The van der Waals surface area contributed by atoms with Gasteiger partial charge in [0.1, 0.15) is 0 Å². The van der Waals surface area contributed by atoms with Crippen LogP contribution in [0.5, 0.6) is 0 Å². The van der Waals surface area contributed by atoms with Crippen molar-refractivity contribution in [3.63, 3.8) is 0 Å². The standard InChI is InChI=1S/C20H17N7O3/c1-2-30-19(29)17-25-27(14-11-7-4-8-12-14)20-22-16(21)15(18(28)26(17)20)24-23-13-9-5-3-6-10-13/h3-12H,2,21H2,1H3. The summed E-state index contributed by atoms with van der Waals surface area (Å²) in [4.78, 5) is 29.9. The topological polar surface area (TPSA) is 129 Å². The number of esters is 1. The average molecular weight is 403 g/mol. The number of para-hydroxylation sites is 1. The Morgan fingerprint density at radius 1 is 1.07 bits per heavy atom. The van der Waals surface area contributed by atoms with Crippen molar-refractivity contribution in [2.45, 2.75) is 6.92 Å². The van der Waals surface area contributed by atoms with Crippen LogP contribution in [0.15, 0.2) is 75.7 Å². The molecule has 4 aromatic rings. The zero-order chi connectivity index (χ0) is 21.1. The number of hydrogen-bond donors (Lipinski definition) is 1. The van der Waals surface area contributed by atoms with Gasteiger partial charge < -0.3 is 10.5 Å². The van der Waals surface area contributed by atoms with E-state index in [4.69, 9.17) is 10.5 Å². The largest absolute Gasteiger partial charge is 0.460 e. The van der Waals surface area contributed by atoms with Gasteiger partial charge in [0.05, 0.1) is 18.0 Å². The van der Waals surface area contributed by atoms with Crippen LogP contribution in [0.2, 0.25) is 0 Å². The lowest BCUT2D eigenvalue weighted by Crippen LogP contribution is -2.21. The number of rotatable bonds is 5. The number of aromatic nitrogens is 4. The summed E-state index contributed by atoms with van der Waals surface area (Å²) in [5, 5.41) is 12.3. The number of fused-ring (bicyclic) bond motifs is 1. The molecule has 2 N–H and O–H groups in total. The maximum atomic E-state index is 13.2. The van der Waals surface area contributed by atoms with Crippen LogP contribution < -0.4 is 11.3 Å². The molecule has 0 bridgehead atoms. The van der Waals surface area contributed by atoms with Crippen LogP contribution in [0.4, 0.5) is 17.2 Å². The van der Waals surface area contributed by atoms with Crippen LogP contribution >= 0.6 is 0 Å². The Labute approximate surface area is 170 Å². The second-order valence-electron chi connectivity index (χ2n) is 6.11. The molecule has 0 saturated heterocycles. The Bertz CT molecular complexity index is 1290. The van der Waals surface area contributed by atoms with Crippen LogP contribution in [0.25, 0.3) is 11.5 Å². The first-order valence-electron chi connectivity index (χ1n) is 9.10. The van der Waals surface area contributed by atoms with Crippen LogP contribution in [0, 0.1) is 0 Å². The van der Waals surface area contributed by atoms with E-state index in [9.17, 15) is 9.59 Å². The number of nitrogen functional groups attached to an aromatic ring is 1. The third-order valence-electron chi connectivity index (χ3n) is 4.15. The fraction of sp³-hybridized carbons (Fsp3) is 0.100. The molecule has 0 atom stereocenters. The van der Waals surface area contributed by atoms with Crippen molar-refractivity contribution in [1.29, 1.82) is 0 Å². The normalized spacial score (nSPS) is 11.2. The summed E-state index contributed by atoms with van der Waals surface area (Å²) in [5.41, 5.74) is 6.26. The van der Waals surface area contributed by atoms with Crippen molar-refractivity contribution in [3.05, 3.63) is 76.8 Å². The number of nitrogens with zero attached hydrogens (tertiary/aromatic N) is 6. The van der Waals surface area contributed by atoms with E-state index in [1.165, 1.54) is 4.68 Å². The van der Waals surface area contributed by atoms with Gasteiger partial charge in [-0.15, -0.1) is 10.2 Å². The van der Waals surface area contributed by atoms with E-state index < -0.39 is 11.5 Å². The number of benzene rings is 2. The summed E-state index contributed by atoms with van der Waals surface area (Å²) >= 11 is 0. The van der Waals surface area contributed by atoms with E-state index in [0.29, 0.717) is 11.4 Å². The lowest BCUT2D eigenvalue weighted by Gasteiger charge is -2.03. The van der Waals surface area contributed by atoms with Crippen LogP contribution in [0.1, 0.15) is 17.5 Å². The highest BCUT2D eigenvalue weighted by atomic mass is 16.5. The van der Waals surface area contributed by atoms with Crippen molar-refractivity contribution in [2.24, 2.45) is 10.2 Å². The summed E-state index contributed by atoms with van der Waals surface area (Å²) in [6.07, 6.45) is 0. The summed E-state index contributed by atoms with van der Waals surface area (Å²) < 4.78 is 7.43. The lowest BCUT2D eigenvalue weighted by molar-refractivity contribution is 0.0509. The Hall–Kier alpha value is -4.34. The van der Waals surface area contributed by atoms with Gasteiger partial charge in [-0.1, -0.05) is 36.4 Å². The minimum Gasteiger partial charge on any atom is -0.460 e. The molecule has 10 heteroatoms. The second-order valence-corrected chi connectivity index (χ2v) is 6.11. The Morgan fingerprint density at radius 2 is 1.73 bits per heavy atom. The van der Waals surface area contributed by atoms with Gasteiger partial charge in [0.2, 0.25) is 11.6 Å². The number of hydrogen-bond acceptors (Lipinski definition) is 8. The minimum absolute atomic E-state index is 0.0606. The quantitative estimate of drug-likeness (QED) is 0.403. The SMILES string of the molecule is CCOC(=O)c1nn(-c2ccccc2)c2nc(N)c(N=Nc3ccccc3)c(=O)n12. The molecule has 0 aliphatic rings. The van der Waals surface area contributed by atoms with E-state index in [2.05, 4.69) is 20.3 Å². The molecule has 0 amide bonds. The first-order chi connectivity index (χ1) is 14.6. The summed E-state index contributed by atoms with van der Waals surface area (Å²) in [5.74, 6) is -1.07. The predicted molar refractivity (Wildman–Crippen MR) is 110 cm³/mol. The third kappa shape index (κ3) is 3.41. The molecule has 0 aliphatic heterocycles. The fourth-order valence-electron chi connectivity index (χ4n) is 2.80. The van der Waals surface area contributed by atoms with Gasteiger partial charge in [-0.3, -0.25) is 4.79 Å². The molecule has 0 aliphatic carbocycles. The first-order valence-corrected chi connectivity index (χ1v) is 9.10. The molecule has 10 nitrogen and oxygen atoms in total. The van der Waals surface area contributed by atoms with Crippen LogP contribution in [0.3, 0.4) is 0 Å². The molecule has 0 spiro atoms. The molecule has 0 saturated carbocycles. The summed E-state index contributed by atoms with van der Waals surface area (Å²) in [6.45, 7) is 1.78. The molecule has 0 radical (unpaired) electrons. The zero-order valence-corrected chi connectivity index (χ0v) is 16.0. The fourth-order valence-corrected chi connectivity index (χ4v) is 2.80. The summed E-state index contributed by atoms with van der Waals surface area (Å²) in [7, 11) is 0. The van der Waals surface area contributed by atoms with Crippen molar-refractivity contribution in [1.82, 2.24) is 19.2 Å². The molecule has 0 fully saturated rings. The van der Waals surface area contributed by atoms with Gasteiger partial charge >= 0.3 is 5.97 Å². The van der Waals surface area contributed by atoms with Gasteiger partial charge in [0, 0.05) is 0 Å². The van der Waals surface area contributed by atoms with E-state index in [1.807, 2.05) is 12.1 Å². The Balaban J connectivity index is 1.95. The molecule has 2 heterocycles. The van der Waals surface area contributed by atoms with Gasteiger partial charge in [0.25, 0.3) is 5.56 Å². The number of nitrogens with two attached hydrogens (primary N) is 1. The predicted octanol–water partition coefficient (Wildman–Crippen LogP) is 3.05. The number of ether oxygens (including phenoxy) is 1. The Kier molecular flexibility index (Phi) is 5.04. The van der Waals surface area contributed by atoms with Gasteiger partial charge in [-0.05, 0) is 31.2 Å². The van der Waals surface area contributed by atoms with Crippen LogP contribution in [-0.2, 0) is 4.74 Å². The molecule has 150 valence electrons. The monoisotopic (exact) mass is 403 g/mol. The molecular weight excluding hydrogens is 386 g/mol. The highest BCUT2D eigenvalue weighted by molar-refractivity contribution is 5.86. The van der Waals surface area contributed by atoms with Gasteiger partial charge in [-0.25, -0.2) is 9.20 Å². The second kappa shape index (κ2) is 7.95. The number of azo groups is 1. The van der Waals surface area contributed by atoms with Crippen LogP contribution in [-0.4, -0.2) is 31.7 Å². The zero-order valence-electron chi connectivity index (χ0n) is 16.0. The van der Waals surface area contributed by atoms with E-state index >= 15 is 0 Å². The molecule has 4 rings (SSSR count). The molecule has 2 aromatic heterocycles. The average Bonchev–Trinajstić information content (AvgIpc) is 3.15. The summed E-state index contributed by atoms with van der Waals surface area (Å²) in [6, 6.07) is 17.8. The maximum Gasteiger partial charge on any atom is 0.376 e. The van der Waals surface area contributed by atoms with Crippen molar-refractivity contribution >= 4 is 28.9 Å². The molecular formula is C20H17N7O3. The van der Waals surface area contributed by atoms with Crippen molar-refractivity contribution in [3.8, 4) is 5.69 Å².